The SMILES string of the molecule is C=C/C(F)=C\C=C(C)C.CC.COCCc1cnn2ccc(N3CCCC3)nc12.NC=O. The van der Waals surface area contributed by atoms with Gasteiger partial charge in [0, 0.05) is 38.4 Å². The van der Waals surface area contributed by atoms with E-state index in [9.17, 15) is 4.39 Å². The molecule has 0 unspecified atom stereocenters. The van der Waals surface area contributed by atoms with Crippen molar-refractivity contribution in [2.45, 2.75) is 47.0 Å². The van der Waals surface area contributed by atoms with Crippen LogP contribution < -0.4 is 10.6 Å². The van der Waals surface area contributed by atoms with Crippen LogP contribution in [0.5, 0.6) is 0 Å². The van der Waals surface area contributed by atoms with Gasteiger partial charge in [0.05, 0.1) is 12.8 Å². The number of primary amides is 1. The molecular formula is C24H38FN5O2. The minimum atomic E-state index is -0.295. The van der Waals surface area contributed by atoms with Crippen molar-refractivity contribution in [3.05, 3.63) is 60.2 Å². The predicted octanol–water partition coefficient (Wildman–Crippen LogP) is 4.64. The Morgan fingerprint density at radius 3 is 2.44 bits per heavy atom. The summed E-state index contributed by atoms with van der Waals surface area (Å²) < 4.78 is 19.1. The first-order valence-corrected chi connectivity index (χ1v) is 10.8. The number of amides is 1. The summed E-state index contributed by atoms with van der Waals surface area (Å²) in [4.78, 5) is 15.7. The van der Waals surface area contributed by atoms with E-state index in [1.807, 2.05) is 50.7 Å². The fraction of sp³-hybridized carbons (Fsp3) is 0.458. The number of nitrogens with zero attached hydrogens (tertiary/aromatic N) is 4. The molecule has 0 radical (unpaired) electrons. The van der Waals surface area contributed by atoms with Crippen LogP contribution in [0.3, 0.4) is 0 Å². The Hall–Kier alpha value is -3.00. The molecule has 1 amide bonds. The van der Waals surface area contributed by atoms with Gasteiger partial charge in [0.15, 0.2) is 5.65 Å². The zero-order valence-electron chi connectivity index (χ0n) is 20.1. The van der Waals surface area contributed by atoms with Gasteiger partial charge in [-0.25, -0.2) is 13.9 Å². The van der Waals surface area contributed by atoms with Crippen molar-refractivity contribution < 1.29 is 13.9 Å². The van der Waals surface area contributed by atoms with Gasteiger partial charge in [0.25, 0.3) is 0 Å². The van der Waals surface area contributed by atoms with Crippen LogP contribution in [0.1, 0.15) is 46.1 Å². The van der Waals surface area contributed by atoms with Crippen LogP contribution in [0.25, 0.3) is 5.65 Å². The largest absolute Gasteiger partial charge is 0.384 e. The zero-order valence-corrected chi connectivity index (χ0v) is 20.1. The van der Waals surface area contributed by atoms with Gasteiger partial charge in [-0.1, -0.05) is 32.1 Å². The maximum absolute atomic E-state index is 12.2. The van der Waals surface area contributed by atoms with Crippen molar-refractivity contribution in [2.24, 2.45) is 5.73 Å². The third-order valence-corrected chi connectivity index (χ3v) is 4.20. The summed E-state index contributed by atoms with van der Waals surface area (Å²) in [5, 5.41) is 4.32. The number of carbonyl (C=O) groups excluding carboxylic acids is 1. The van der Waals surface area contributed by atoms with Gasteiger partial charge in [0.2, 0.25) is 6.41 Å². The standard InChI is InChI=1S/C13H18N4O.C8H11F.C2H6.CH3NO/c1-18-9-5-11-10-14-17-8-4-12(15-13(11)17)16-6-2-3-7-16;1-4-8(9)6-5-7(2)3;1-2;2-1-3/h4,8,10H,2-3,5-7,9H2,1H3;4-6H,1H2,2-3H3;1-2H3;1H,(H2,2,3)/b;8-6+;;. The quantitative estimate of drug-likeness (QED) is 0.515. The van der Waals surface area contributed by atoms with Crippen molar-refractivity contribution in [3.63, 3.8) is 0 Å². The van der Waals surface area contributed by atoms with Crippen LogP contribution in [0.15, 0.2) is 54.7 Å². The highest BCUT2D eigenvalue weighted by molar-refractivity contribution is 5.53. The topological polar surface area (TPSA) is 85.8 Å². The normalized spacial score (nSPS) is 12.4. The van der Waals surface area contributed by atoms with Crippen molar-refractivity contribution in [3.8, 4) is 0 Å². The summed E-state index contributed by atoms with van der Waals surface area (Å²) in [7, 11) is 1.72. The highest BCUT2D eigenvalue weighted by Crippen LogP contribution is 2.19. The third kappa shape index (κ3) is 10.9. The van der Waals surface area contributed by atoms with Gasteiger partial charge >= 0.3 is 0 Å². The van der Waals surface area contributed by atoms with E-state index in [-0.39, 0.29) is 12.2 Å². The number of aromatic nitrogens is 3. The van der Waals surface area contributed by atoms with Crippen LogP contribution >= 0.6 is 0 Å². The Morgan fingerprint density at radius 1 is 1.28 bits per heavy atom. The summed E-state index contributed by atoms with van der Waals surface area (Å²) >= 11 is 0. The Kier molecular flexibility index (Phi) is 16.0. The molecule has 0 spiro atoms. The van der Waals surface area contributed by atoms with Gasteiger partial charge in [-0.3, -0.25) is 4.79 Å². The van der Waals surface area contributed by atoms with E-state index in [0.29, 0.717) is 6.61 Å². The van der Waals surface area contributed by atoms with E-state index >= 15 is 0 Å². The molecule has 1 aliphatic heterocycles. The van der Waals surface area contributed by atoms with Crippen molar-refractivity contribution in [2.75, 3.05) is 31.7 Å². The van der Waals surface area contributed by atoms with Gasteiger partial charge in [-0.2, -0.15) is 5.10 Å². The first kappa shape index (κ1) is 29.0. The Balaban J connectivity index is 0.000000582. The van der Waals surface area contributed by atoms with E-state index in [4.69, 9.17) is 14.5 Å². The van der Waals surface area contributed by atoms with E-state index in [1.54, 1.807) is 13.2 Å². The minimum Gasteiger partial charge on any atom is -0.384 e. The van der Waals surface area contributed by atoms with E-state index in [2.05, 4.69) is 22.3 Å². The lowest BCUT2D eigenvalue weighted by Crippen LogP contribution is -2.19. The Morgan fingerprint density at radius 2 is 1.91 bits per heavy atom. The highest BCUT2D eigenvalue weighted by atomic mass is 19.1. The molecule has 2 aromatic heterocycles. The lowest BCUT2D eigenvalue weighted by atomic mass is 10.2. The molecule has 178 valence electrons. The molecule has 32 heavy (non-hydrogen) atoms. The van der Waals surface area contributed by atoms with E-state index in [1.165, 1.54) is 25.0 Å². The fourth-order valence-electron chi connectivity index (χ4n) is 2.73. The van der Waals surface area contributed by atoms with Crippen LogP contribution in [-0.4, -0.2) is 47.8 Å². The highest BCUT2D eigenvalue weighted by Gasteiger charge is 2.15. The van der Waals surface area contributed by atoms with E-state index in [0.717, 1.165) is 42.1 Å². The van der Waals surface area contributed by atoms with E-state index < -0.39 is 0 Å². The van der Waals surface area contributed by atoms with Crippen molar-refractivity contribution >= 4 is 17.9 Å². The molecule has 1 fully saturated rings. The number of ether oxygens (including phenoxy) is 1. The predicted molar refractivity (Wildman–Crippen MR) is 130 cm³/mol. The summed E-state index contributed by atoms with van der Waals surface area (Å²) in [6.45, 7) is 14.0. The molecule has 3 heterocycles. The number of hydrogen-bond acceptors (Lipinski definition) is 5. The lowest BCUT2D eigenvalue weighted by Gasteiger charge is -2.16. The number of fused-ring (bicyclic) bond motifs is 1. The molecule has 2 N–H and O–H groups in total. The van der Waals surface area contributed by atoms with Gasteiger partial charge in [0.1, 0.15) is 11.6 Å². The van der Waals surface area contributed by atoms with Gasteiger partial charge in [-0.05, 0) is 44.9 Å². The lowest BCUT2D eigenvalue weighted by molar-refractivity contribution is -0.106. The third-order valence-electron chi connectivity index (χ3n) is 4.20. The Bertz CT molecular complexity index is 851. The molecule has 3 rings (SSSR count). The number of nitrogens with two attached hydrogens (primary N) is 1. The average Bonchev–Trinajstić information content (AvgIpc) is 3.48. The summed E-state index contributed by atoms with van der Waals surface area (Å²) in [6.07, 6.45) is 11.8. The summed E-state index contributed by atoms with van der Waals surface area (Å²) in [5.41, 5.74) is 7.35. The summed E-state index contributed by atoms with van der Waals surface area (Å²) in [6, 6.07) is 2.05. The molecule has 0 bridgehead atoms. The van der Waals surface area contributed by atoms with Crippen LogP contribution in [-0.2, 0) is 16.0 Å². The number of hydrogen-bond donors (Lipinski definition) is 1. The van der Waals surface area contributed by atoms with Crippen LogP contribution in [0, 0.1) is 0 Å². The first-order chi connectivity index (χ1) is 15.5. The number of allylic oxidation sites excluding steroid dienone is 5. The number of rotatable bonds is 6. The van der Waals surface area contributed by atoms with Gasteiger partial charge in [-0.15, -0.1) is 0 Å². The molecule has 0 saturated carbocycles. The second-order valence-corrected chi connectivity index (χ2v) is 6.80. The number of halogens is 1. The fourth-order valence-corrected chi connectivity index (χ4v) is 2.73. The molecule has 0 atom stereocenters. The van der Waals surface area contributed by atoms with Gasteiger partial charge < -0.3 is 15.4 Å². The van der Waals surface area contributed by atoms with Crippen LogP contribution in [0.2, 0.25) is 0 Å². The molecular weight excluding hydrogens is 409 g/mol. The number of methoxy groups -OCH3 is 1. The molecule has 7 nitrogen and oxygen atoms in total. The molecule has 2 aromatic rings. The Labute approximate surface area is 191 Å². The second-order valence-electron chi connectivity index (χ2n) is 6.80. The minimum absolute atomic E-state index is 0.250. The molecule has 0 aliphatic carbocycles. The molecule has 0 aromatic carbocycles. The van der Waals surface area contributed by atoms with Crippen LogP contribution in [0.4, 0.5) is 10.2 Å². The molecule has 1 aliphatic rings. The number of carbonyl (C=O) groups is 1. The summed E-state index contributed by atoms with van der Waals surface area (Å²) in [5.74, 6) is 0.773. The zero-order chi connectivity index (χ0) is 24.4. The maximum atomic E-state index is 12.2. The maximum Gasteiger partial charge on any atom is 0.204 e. The van der Waals surface area contributed by atoms with Crippen molar-refractivity contribution in [1.29, 1.82) is 0 Å². The second kappa shape index (κ2) is 17.7. The monoisotopic (exact) mass is 447 g/mol. The smallest absolute Gasteiger partial charge is 0.204 e. The number of anilines is 1. The first-order valence-electron chi connectivity index (χ1n) is 10.8. The molecule has 1 saturated heterocycles. The molecule has 8 heteroatoms. The average molecular weight is 448 g/mol. The van der Waals surface area contributed by atoms with Crippen molar-refractivity contribution in [1.82, 2.24) is 14.6 Å².